The van der Waals surface area contributed by atoms with E-state index in [0.29, 0.717) is 17.7 Å². The van der Waals surface area contributed by atoms with Crippen molar-refractivity contribution in [3.8, 4) is 11.5 Å². The Morgan fingerprint density at radius 1 is 1.17 bits per heavy atom. The number of ether oxygens (including phenoxy) is 2. The van der Waals surface area contributed by atoms with E-state index in [9.17, 15) is 9.59 Å². The molecule has 1 saturated heterocycles. The molecule has 0 unspecified atom stereocenters. The van der Waals surface area contributed by atoms with Gasteiger partial charge in [-0.1, -0.05) is 30.3 Å². The topological polar surface area (TPSA) is 59.1 Å². The van der Waals surface area contributed by atoms with Crippen LogP contribution in [0.4, 0.5) is 0 Å². The minimum absolute atomic E-state index is 0.00521. The van der Waals surface area contributed by atoms with E-state index in [1.807, 2.05) is 60.5 Å². The summed E-state index contributed by atoms with van der Waals surface area (Å²) < 4.78 is 12.4. The van der Waals surface area contributed by atoms with Crippen LogP contribution in [0.15, 0.2) is 48.5 Å². The molecule has 0 aromatic heterocycles. The van der Waals surface area contributed by atoms with Crippen molar-refractivity contribution in [3.63, 3.8) is 0 Å². The Hall–Kier alpha value is -3.12. The maximum absolute atomic E-state index is 13.3. The summed E-state index contributed by atoms with van der Waals surface area (Å²) in [4.78, 5) is 29.5. The molecule has 4 aliphatic rings. The predicted octanol–water partition coefficient (Wildman–Crippen LogP) is 3.82. The Balaban J connectivity index is 1.37. The Morgan fingerprint density at radius 3 is 2.74 bits per heavy atom. The molecule has 1 saturated carbocycles. The average Bonchev–Trinajstić information content (AvgIpc) is 3.19. The van der Waals surface area contributed by atoms with E-state index < -0.39 is 0 Å². The van der Waals surface area contributed by atoms with Crippen LogP contribution in [0.5, 0.6) is 11.5 Å². The summed E-state index contributed by atoms with van der Waals surface area (Å²) in [5.41, 5.74) is 3.21. The monoisotopic (exact) mass is 472 g/mol. The number of hydrogen-bond donors (Lipinski definition) is 0. The van der Waals surface area contributed by atoms with Gasteiger partial charge in [0.05, 0.1) is 6.04 Å². The van der Waals surface area contributed by atoms with E-state index in [2.05, 4.69) is 11.9 Å². The summed E-state index contributed by atoms with van der Waals surface area (Å²) in [6, 6.07) is 14.1. The van der Waals surface area contributed by atoms with Gasteiger partial charge >= 0.3 is 5.97 Å². The number of likely N-dealkylation sites (tertiary alicyclic amines) is 1. The van der Waals surface area contributed by atoms with Crippen molar-refractivity contribution < 1.29 is 19.1 Å². The number of likely N-dealkylation sites (N-methyl/N-ethyl adjacent to an activating group) is 2. The highest BCUT2D eigenvalue weighted by Crippen LogP contribution is 2.63. The van der Waals surface area contributed by atoms with Gasteiger partial charge in [-0.15, -0.1) is 0 Å². The van der Waals surface area contributed by atoms with Gasteiger partial charge in [-0.05, 0) is 69.0 Å². The van der Waals surface area contributed by atoms with E-state index in [0.717, 1.165) is 49.1 Å². The molecule has 182 valence electrons. The fourth-order valence-electron chi connectivity index (χ4n) is 7.37. The lowest BCUT2D eigenvalue weighted by atomic mass is 9.51. The van der Waals surface area contributed by atoms with Gasteiger partial charge in [0.1, 0.15) is 17.6 Å². The molecule has 5 atom stereocenters. The molecule has 1 amide bonds. The molecule has 0 radical (unpaired) electrons. The molecule has 2 aromatic carbocycles. The number of amides is 1. The summed E-state index contributed by atoms with van der Waals surface area (Å²) in [6.45, 7) is 2.45. The SMILES string of the molecule is CC(=O)Oc1ccc2c3c1C[C@@H]1[C@@H]4CC[C@H](N(C)C(=O)C=Cc5ccccc5)[C@H](O2)[C@]34CCN1C. The van der Waals surface area contributed by atoms with Gasteiger partial charge in [-0.2, -0.15) is 0 Å². The first-order chi connectivity index (χ1) is 16.9. The molecular weight excluding hydrogens is 440 g/mol. The molecule has 6 nitrogen and oxygen atoms in total. The molecule has 2 fully saturated rings. The van der Waals surface area contributed by atoms with Crippen LogP contribution in [-0.4, -0.2) is 60.5 Å². The van der Waals surface area contributed by atoms with Crippen LogP contribution in [0, 0.1) is 5.92 Å². The smallest absolute Gasteiger partial charge is 0.308 e. The summed E-state index contributed by atoms with van der Waals surface area (Å²) in [5.74, 6) is 1.73. The first kappa shape index (κ1) is 22.4. The lowest BCUT2D eigenvalue weighted by molar-refractivity contribution is -0.135. The van der Waals surface area contributed by atoms with Gasteiger partial charge in [0.2, 0.25) is 5.91 Å². The van der Waals surface area contributed by atoms with Gasteiger partial charge in [0, 0.05) is 42.6 Å². The molecule has 2 aliphatic carbocycles. The summed E-state index contributed by atoms with van der Waals surface area (Å²) >= 11 is 0. The van der Waals surface area contributed by atoms with Crippen molar-refractivity contribution in [1.29, 1.82) is 0 Å². The molecular formula is C29H32N2O4. The van der Waals surface area contributed by atoms with Crippen LogP contribution in [0.1, 0.15) is 42.9 Å². The lowest BCUT2D eigenvalue weighted by Gasteiger charge is -2.59. The first-order valence-corrected chi connectivity index (χ1v) is 12.6. The Morgan fingerprint density at radius 2 is 1.97 bits per heavy atom. The van der Waals surface area contributed by atoms with Gasteiger partial charge in [-0.3, -0.25) is 9.59 Å². The number of piperidine rings is 1. The highest BCUT2D eigenvalue weighted by Gasteiger charge is 2.66. The Kier molecular flexibility index (Phi) is 5.26. The third kappa shape index (κ3) is 3.33. The molecule has 35 heavy (non-hydrogen) atoms. The van der Waals surface area contributed by atoms with Crippen molar-refractivity contribution in [3.05, 3.63) is 65.2 Å². The molecule has 0 N–H and O–H groups in total. The normalized spacial score (nSPS) is 30.5. The van der Waals surface area contributed by atoms with E-state index >= 15 is 0 Å². The molecule has 2 bridgehead atoms. The lowest BCUT2D eigenvalue weighted by Crippen LogP contribution is -2.68. The standard InChI is InChI=1S/C29H32N2O4/c1-18(32)34-24-12-13-25-27-20(24)17-23-21-10-11-22(28(35-25)29(21,27)15-16-30(23)2)31(3)26(33)14-9-19-7-5-4-6-8-19/h4-9,12-14,21-23,28H,10-11,15-17H2,1-3H3/t21-,22-,23+,28-,29-/m0/s1. The van der Waals surface area contributed by atoms with E-state index in [-0.39, 0.29) is 29.4 Å². The van der Waals surface area contributed by atoms with Crippen LogP contribution in [0.3, 0.4) is 0 Å². The van der Waals surface area contributed by atoms with Crippen molar-refractivity contribution in [2.75, 3.05) is 20.6 Å². The van der Waals surface area contributed by atoms with Gasteiger partial charge < -0.3 is 19.3 Å². The van der Waals surface area contributed by atoms with Crippen LogP contribution >= 0.6 is 0 Å². The maximum atomic E-state index is 13.3. The second-order valence-corrected chi connectivity index (χ2v) is 10.5. The number of carbonyl (C=O) groups is 2. The highest BCUT2D eigenvalue weighted by molar-refractivity contribution is 5.92. The van der Waals surface area contributed by atoms with Crippen molar-refractivity contribution >= 4 is 18.0 Å². The number of hydrogen-bond acceptors (Lipinski definition) is 5. The predicted molar refractivity (Wildman–Crippen MR) is 133 cm³/mol. The second-order valence-electron chi connectivity index (χ2n) is 10.5. The van der Waals surface area contributed by atoms with Crippen LogP contribution in [0.25, 0.3) is 6.08 Å². The number of carbonyl (C=O) groups excluding carboxylic acids is 2. The third-order valence-electron chi connectivity index (χ3n) is 8.88. The fraction of sp³-hybridized carbons (Fsp3) is 0.448. The largest absolute Gasteiger partial charge is 0.487 e. The summed E-state index contributed by atoms with van der Waals surface area (Å²) in [5, 5.41) is 0. The first-order valence-electron chi connectivity index (χ1n) is 12.6. The minimum atomic E-state index is -0.299. The number of benzene rings is 2. The third-order valence-corrected chi connectivity index (χ3v) is 8.88. The maximum Gasteiger partial charge on any atom is 0.308 e. The zero-order valence-electron chi connectivity index (χ0n) is 20.6. The highest BCUT2D eigenvalue weighted by atomic mass is 16.5. The molecule has 6 heteroatoms. The van der Waals surface area contributed by atoms with Gasteiger partial charge in [0.15, 0.2) is 0 Å². The van der Waals surface area contributed by atoms with Crippen LogP contribution in [-0.2, 0) is 21.4 Å². The zero-order valence-corrected chi connectivity index (χ0v) is 20.6. The number of nitrogens with zero attached hydrogens (tertiary/aromatic N) is 2. The summed E-state index contributed by atoms with van der Waals surface area (Å²) in [7, 11) is 4.12. The Bertz CT molecular complexity index is 1210. The van der Waals surface area contributed by atoms with Gasteiger partial charge in [-0.25, -0.2) is 0 Å². The van der Waals surface area contributed by atoms with E-state index in [1.54, 1.807) is 6.08 Å². The molecule has 2 aliphatic heterocycles. The average molecular weight is 473 g/mol. The number of esters is 1. The molecule has 6 rings (SSSR count). The fourth-order valence-corrected chi connectivity index (χ4v) is 7.37. The van der Waals surface area contributed by atoms with Crippen LogP contribution in [0.2, 0.25) is 0 Å². The van der Waals surface area contributed by atoms with Gasteiger partial charge in [0.25, 0.3) is 0 Å². The molecule has 2 heterocycles. The minimum Gasteiger partial charge on any atom is -0.487 e. The van der Waals surface area contributed by atoms with Crippen molar-refractivity contribution in [2.45, 2.75) is 56.2 Å². The van der Waals surface area contributed by atoms with Crippen molar-refractivity contribution in [1.82, 2.24) is 9.80 Å². The van der Waals surface area contributed by atoms with Crippen molar-refractivity contribution in [2.24, 2.45) is 5.92 Å². The molecule has 1 spiro atoms. The van der Waals surface area contributed by atoms with E-state index in [1.165, 1.54) is 12.5 Å². The Labute approximate surface area is 206 Å². The zero-order chi connectivity index (χ0) is 24.3. The number of rotatable bonds is 4. The van der Waals surface area contributed by atoms with E-state index in [4.69, 9.17) is 9.47 Å². The second kappa shape index (κ2) is 8.23. The molecule has 2 aromatic rings. The summed E-state index contributed by atoms with van der Waals surface area (Å²) in [6.07, 6.45) is 7.27. The quantitative estimate of drug-likeness (QED) is 0.385. The van der Waals surface area contributed by atoms with Crippen LogP contribution < -0.4 is 9.47 Å².